The molecule has 1 aliphatic heterocycles. The van der Waals surface area contributed by atoms with Crippen LogP contribution in [0.4, 0.5) is 16.0 Å². The molecule has 8 heteroatoms. The lowest BCUT2D eigenvalue weighted by molar-refractivity contribution is -0.120. The largest absolute Gasteiger partial charge is 0.369 e. The van der Waals surface area contributed by atoms with E-state index in [-0.39, 0.29) is 17.8 Å². The third-order valence-corrected chi connectivity index (χ3v) is 4.27. The van der Waals surface area contributed by atoms with Crippen LogP contribution in [0.1, 0.15) is 12.7 Å². The number of rotatable bonds is 4. The SMILES string of the molecule is Cc1nc(NC(=O)C(C)N2CCN(c3ccc(F)cc3)CC2)n[nH]1. The van der Waals surface area contributed by atoms with E-state index >= 15 is 0 Å². The van der Waals surface area contributed by atoms with E-state index in [2.05, 4.69) is 30.3 Å². The Kier molecular flexibility index (Phi) is 4.75. The van der Waals surface area contributed by atoms with Crippen molar-refractivity contribution in [2.24, 2.45) is 0 Å². The van der Waals surface area contributed by atoms with Gasteiger partial charge in [-0.2, -0.15) is 4.98 Å². The number of nitrogens with zero attached hydrogens (tertiary/aromatic N) is 4. The Labute approximate surface area is 139 Å². The number of aromatic amines is 1. The highest BCUT2D eigenvalue weighted by Gasteiger charge is 2.26. The highest BCUT2D eigenvalue weighted by molar-refractivity contribution is 5.93. The van der Waals surface area contributed by atoms with Gasteiger partial charge in [-0.15, -0.1) is 5.10 Å². The fourth-order valence-corrected chi connectivity index (χ4v) is 2.80. The Balaban J connectivity index is 1.53. The molecular formula is C16H21FN6O. The van der Waals surface area contributed by atoms with Gasteiger partial charge in [-0.25, -0.2) is 4.39 Å². The van der Waals surface area contributed by atoms with E-state index in [1.807, 2.05) is 6.92 Å². The quantitative estimate of drug-likeness (QED) is 0.885. The van der Waals surface area contributed by atoms with Crippen LogP contribution < -0.4 is 10.2 Å². The maximum atomic E-state index is 13.0. The lowest BCUT2D eigenvalue weighted by Crippen LogP contribution is -2.52. The lowest BCUT2D eigenvalue weighted by Gasteiger charge is -2.38. The van der Waals surface area contributed by atoms with Gasteiger partial charge in [0.05, 0.1) is 6.04 Å². The van der Waals surface area contributed by atoms with E-state index in [4.69, 9.17) is 0 Å². The van der Waals surface area contributed by atoms with Crippen molar-refractivity contribution in [3.05, 3.63) is 35.9 Å². The topological polar surface area (TPSA) is 77.2 Å². The minimum Gasteiger partial charge on any atom is -0.369 e. The number of H-pyrrole nitrogens is 1. The highest BCUT2D eigenvalue weighted by atomic mass is 19.1. The van der Waals surface area contributed by atoms with Crippen LogP contribution in [0.3, 0.4) is 0 Å². The summed E-state index contributed by atoms with van der Waals surface area (Å²) in [4.78, 5) is 20.7. The van der Waals surface area contributed by atoms with Crippen molar-refractivity contribution in [2.45, 2.75) is 19.9 Å². The summed E-state index contributed by atoms with van der Waals surface area (Å²) in [7, 11) is 0. The molecule has 1 aromatic carbocycles. The first-order valence-electron chi connectivity index (χ1n) is 7.97. The van der Waals surface area contributed by atoms with E-state index in [0.717, 1.165) is 31.9 Å². The van der Waals surface area contributed by atoms with Crippen LogP contribution in [-0.4, -0.2) is 58.2 Å². The molecule has 1 fully saturated rings. The molecule has 0 spiro atoms. The predicted octanol–water partition coefficient (Wildman–Crippen LogP) is 1.40. The van der Waals surface area contributed by atoms with Gasteiger partial charge in [0.25, 0.3) is 0 Å². The number of amides is 1. The molecule has 0 aliphatic carbocycles. The molecule has 3 rings (SSSR count). The summed E-state index contributed by atoms with van der Waals surface area (Å²) in [5.74, 6) is 0.606. The van der Waals surface area contributed by atoms with Gasteiger partial charge in [-0.1, -0.05) is 0 Å². The molecule has 2 heterocycles. The van der Waals surface area contributed by atoms with Crippen LogP contribution in [0.15, 0.2) is 24.3 Å². The zero-order valence-electron chi connectivity index (χ0n) is 13.8. The Morgan fingerprint density at radius 1 is 1.25 bits per heavy atom. The molecule has 0 radical (unpaired) electrons. The van der Waals surface area contributed by atoms with Crippen molar-refractivity contribution in [3.8, 4) is 0 Å². The fourth-order valence-electron chi connectivity index (χ4n) is 2.80. The Morgan fingerprint density at radius 2 is 1.92 bits per heavy atom. The summed E-state index contributed by atoms with van der Waals surface area (Å²) in [6.45, 7) is 6.77. The van der Waals surface area contributed by atoms with Gasteiger partial charge in [-0.3, -0.25) is 20.1 Å². The minimum absolute atomic E-state index is 0.121. The van der Waals surface area contributed by atoms with Crippen molar-refractivity contribution in [1.82, 2.24) is 20.1 Å². The molecule has 1 unspecified atom stereocenters. The van der Waals surface area contributed by atoms with Crippen LogP contribution in [0, 0.1) is 12.7 Å². The van der Waals surface area contributed by atoms with Crippen molar-refractivity contribution < 1.29 is 9.18 Å². The van der Waals surface area contributed by atoms with Gasteiger partial charge >= 0.3 is 0 Å². The first-order valence-corrected chi connectivity index (χ1v) is 7.97. The summed E-state index contributed by atoms with van der Waals surface area (Å²) in [6, 6.07) is 6.24. The van der Waals surface area contributed by atoms with E-state index in [9.17, 15) is 9.18 Å². The van der Waals surface area contributed by atoms with Gasteiger partial charge in [-0.05, 0) is 38.1 Å². The van der Waals surface area contributed by atoms with Gasteiger partial charge in [0.1, 0.15) is 11.6 Å². The number of aryl methyl sites for hydroxylation is 1. The molecule has 1 atom stereocenters. The van der Waals surface area contributed by atoms with Crippen molar-refractivity contribution in [3.63, 3.8) is 0 Å². The number of nitrogens with one attached hydrogen (secondary N) is 2. The molecule has 1 aromatic heterocycles. The summed E-state index contributed by atoms with van der Waals surface area (Å²) < 4.78 is 13.0. The summed E-state index contributed by atoms with van der Waals surface area (Å²) >= 11 is 0. The number of hydrogen-bond acceptors (Lipinski definition) is 5. The zero-order valence-corrected chi connectivity index (χ0v) is 13.8. The molecular weight excluding hydrogens is 311 g/mol. The van der Waals surface area contributed by atoms with Crippen LogP contribution in [0.5, 0.6) is 0 Å². The fraction of sp³-hybridized carbons (Fsp3) is 0.438. The van der Waals surface area contributed by atoms with E-state index in [1.54, 1.807) is 19.1 Å². The second-order valence-corrected chi connectivity index (χ2v) is 5.91. The lowest BCUT2D eigenvalue weighted by atomic mass is 10.2. The standard InChI is InChI=1S/C16H21FN6O/c1-11(15(24)19-16-18-12(2)20-21-16)22-7-9-23(10-8-22)14-5-3-13(17)4-6-14/h3-6,11H,7-10H2,1-2H3,(H2,18,19,20,21,24). The monoisotopic (exact) mass is 332 g/mol. The van der Waals surface area contributed by atoms with Crippen LogP contribution in [0.2, 0.25) is 0 Å². The molecule has 2 aromatic rings. The van der Waals surface area contributed by atoms with Crippen molar-refractivity contribution in [1.29, 1.82) is 0 Å². The molecule has 0 bridgehead atoms. The molecule has 7 nitrogen and oxygen atoms in total. The van der Waals surface area contributed by atoms with Gasteiger partial charge in [0, 0.05) is 31.9 Å². The molecule has 1 aliphatic rings. The highest BCUT2D eigenvalue weighted by Crippen LogP contribution is 2.18. The summed E-state index contributed by atoms with van der Waals surface area (Å²) in [5, 5.41) is 9.33. The van der Waals surface area contributed by atoms with Crippen molar-refractivity contribution in [2.75, 3.05) is 36.4 Å². The van der Waals surface area contributed by atoms with Crippen LogP contribution >= 0.6 is 0 Å². The Morgan fingerprint density at radius 3 is 2.50 bits per heavy atom. The average molecular weight is 332 g/mol. The second-order valence-electron chi connectivity index (χ2n) is 5.91. The predicted molar refractivity (Wildman–Crippen MR) is 89.4 cm³/mol. The van der Waals surface area contributed by atoms with Gasteiger partial charge in [0.15, 0.2) is 0 Å². The Hall–Kier alpha value is -2.48. The number of carbonyl (C=O) groups is 1. The number of hydrogen-bond donors (Lipinski definition) is 2. The summed E-state index contributed by atoms with van der Waals surface area (Å²) in [6.07, 6.45) is 0. The molecule has 1 amide bonds. The van der Waals surface area contributed by atoms with E-state index < -0.39 is 0 Å². The third kappa shape index (κ3) is 3.70. The third-order valence-electron chi connectivity index (χ3n) is 4.27. The molecule has 24 heavy (non-hydrogen) atoms. The van der Waals surface area contributed by atoms with Crippen LogP contribution in [0.25, 0.3) is 0 Å². The maximum absolute atomic E-state index is 13.0. The number of aromatic nitrogens is 3. The van der Waals surface area contributed by atoms with Crippen LogP contribution in [-0.2, 0) is 4.79 Å². The smallest absolute Gasteiger partial charge is 0.248 e. The van der Waals surface area contributed by atoms with Gasteiger partial charge in [0.2, 0.25) is 11.9 Å². The number of halogens is 1. The second kappa shape index (κ2) is 6.96. The molecule has 128 valence electrons. The number of benzene rings is 1. The molecule has 1 saturated heterocycles. The summed E-state index contributed by atoms with van der Waals surface area (Å²) in [5.41, 5.74) is 1.00. The zero-order chi connectivity index (χ0) is 17.1. The molecule has 2 N–H and O–H groups in total. The van der Waals surface area contributed by atoms with Gasteiger partial charge < -0.3 is 4.90 Å². The molecule has 0 saturated carbocycles. The normalized spacial score (nSPS) is 16.9. The average Bonchev–Trinajstić information content (AvgIpc) is 3.00. The van der Waals surface area contributed by atoms with Crippen molar-refractivity contribution >= 4 is 17.5 Å². The van der Waals surface area contributed by atoms with E-state index in [0.29, 0.717) is 11.8 Å². The first kappa shape index (κ1) is 16.4. The Bertz CT molecular complexity index is 693. The number of carbonyl (C=O) groups excluding carboxylic acids is 1. The maximum Gasteiger partial charge on any atom is 0.248 e. The number of anilines is 2. The minimum atomic E-state index is -0.265. The number of piperazine rings is 1. The van der Waals surface area contributed by atoms with E-state index in [1.165, 1.54) is 12.1 Å². The first-order chi connectivity index (χ1) is 11.5.